The highest BCUT2D eigenvalue weighted by Crippen LogP contribution is 2.48. The molecule has 5 nitrogen and oxygen atoms in total. The Morgan fingerprint density at radius 1 is 0.521 bits per heavy atom. The van der Waals surface area contributed by atoms with Crippen LogP contribution >= 0.6 is 0 Å². The SMILES string of the molecule is CCc1cccc(CC)c1-c1cc(Oc2ccc3c4ccccc4n(-c4cc(C(C)(C)C)ccn4)c3c2)cc([N+]2=C=[N+](c3c(-c4ccc(F)cc4)cc(C(C)(C)C)cc3-c3ccc(F)cc3)c3ccccc32)c1. The maximum Gasteiger partial charge on any atom is 0.503 e. The van der Waals surface area contributed by atoms with Gasteiger partial charge in [-0.1, -0.05) is 128 Å². The van der Waals surface area contributed by atoms with Gasteiger partial charge in [0.1, 0.15) is 29.0 Å². The number of ether oxygens (including phenoxy) is 1. The summed E-state index contributed by atoms with van der Waals surface area (Å²) in [4.78, 5) is 4.93. The molecule has 3 heterocycles. The minimum absolute atomic E-state index is 0.0596. The van der Waals surface area contributed by atoms with E-state index in [1.807, 2.05) is 42.6 Å². The van der Waals surface area contributed by atoms with Gasteiger partial charge in [-0.05, 0) is 150 Å². The summed E-state index contributed by atoms with van der Waals surface area (Å²) in [6.45, 7) is 17.6. The standard InChI is InChI=1S/C66H58F2N4O/c1-9-42-16-15-17-43(10-2)63(42)46-34-51(39-53(35-46)73-52-30-31-55-54-18-11-12-19-58(54)72(61(55)40-52)62-38-47(32-33-69-62)65(3,4)5)70-41-71(60-21-14-13-20-59(60)70)64-56(44-22-26-49(67)27-23-44)36-48(66(6,7)8)37-57(64)45-24-28-50(68)29-25-45/h11-40H,9-10H2,1-8H3/q+2. The number of aryl methyl sites for hydroxylation is 2. The van der Waals surface area contributed by atoms with Crippen molar-refractivity contribution in [2.75, 3.05) is 0 Å². The topological polar surface area (TPSA) is 33.1 Å². The Morgan fingerprint density at radius 3 is 1.73 bits per heavy atom. The molecule has 0 atom stereocenters. The van der Waals surface area contributed by atoms with Crippen LogP contribution in [0, 0.1) is 11.6 Å². The highest BCUT2D eigenvalue weighted by atomic mass is 19.1. The molecular weight excluding hydrogens is 903 g/mol. The van der Waals surface area contributed by atoms with E-state index < -0.39 is 0 Å². The normalized spacial score (nSPS) is 12.6. The molecular formula is C66H58F2N4O+2. The minimum atomic E-state index is -0.314. The maximum absolute atomic E-state index is 14.7. The van der Waals surface area contributed by atoms with Gasteiger partial charge in [0.15, 0.2) is 0 Å². The summed E-state index contributed by atoms with van der Waals surface area (Å²) in [6, 6.07) is 62.1. The molecule has 360 valence electrons. The number of benzene rings is 8. The fourth-order valence-electron chi connectivity index (χ4n) is 10.4. The van der Waals surface area contributed by atoms with E-state index in [-0.39, 0.29) is 22.5 Å². The van der Waals surface area contributed by atoms with Gasteiger partial charge in [0.2, 0.25) is 11.4 Å². The van der Waals surface area contributed by atoms with Crippen LogP contribution in [-0.2, 0) is 23.7 Å². The molecule has 8 aromatic carbocycles. The average Bonchev–Trinajstić information content (AvgIpc) is 3.94. The average molecular weight is 961 g/mol. The van der Waals surface area contributed by atoms with Crippen LogP contribution in [0.1, 0.15) is 77.6 Å². The van der Waals surface area contributed by atoms with Gasteiger partial charge in [-0.2, -0.15) is 0 Å². The molecule has 0 fully saturated rings. The van der Waals surface area contributed by atoms with Crippen molar-refractivity contribution in [3.05, 3.63) is 216 Å². The predicted molar refractivity (Wildman–Crippen MR) is 298 cm³/mol. The Kier molecular flexibility index (Phi) is 11.9. The zero-order chi connectivity index (χ0) is 50.8. The molecule has 2 aromatic heterocycles. The Hall–Kier alpha value is -8.25. The van der Waals surface area contributed by atoms with E-state index in [4.69, 9.17) is 9.72 Å². The first-order valence-electron chi connectivity index (χ1n) is 25.3. The molecule has 0 saturated carbocycles. The van der Waals surface area contributed by atoms with Gasteiger partial charge in [0.05, 0.1) is 28.2 Å². The van der Waals surface area contributed by atoms with Crippen LogP contribution in [0.25, 0.3) is 61.0 Å². The van der Waals surface area contributed by atoms with Crippen LogP contribution in [0.5, 0.6) is 11.5 Å². The van der Waals surface area contributed by atoms with E-state index in [0.717, 1.165) is 96.6 Å². The number of para-hydroxylation sites is 3. The number of hydrogen-bond donors (Lipinski definition) is 0. The van der Waals surface area contributed by atoms with Gasteiger partial charge >= 0.3 is 6.01 Å². The van der Waals surface area contributed by atoms with Crippen LogP contribution in [0.2, 0.25) is 0 Å². The summed E-state index contributed by atoms with van der Waals surface area (Å²) in [5, 5.41) is 2.25. The first kappa shape index (κ1) is 47.1. The molecule has 0 N–H and O–H groups in total. The monoisotopic (exact) mass is 960 g/mol. The number of nitrogens with zero attached hydrogens (tertiary/aromatic N) is 4. The molecule has 1 aliphatic heterocycles. The zero-order valence-corrected chi connectivity index (χ0v) is 42.7. The number of aromatic nitrogens is 2. The number of pyridine rings is 1. The molecule has 0 unspecified atom stereocenters. The summed E-state index contributed by atoms with van der Waals surface area (Å²) >= 11 is 0. The van der Waals surface area contributed by atoms with Crippen LogP contribution < -0.4 is 13.9 Å². The molecule has 0 spiro atoms. The largest absolute Gasteiger partial charge is 0.503 e. The lowest BCUT2D eigenvalue weighted by atomic mass is 9.82. The molecule has 0 amide bonds. The molecule has 10 aromatic rings. The lowest BCUT2D eigenvalue weighted by molar-refractivity contribution is 0.483. The fourth-order valence-corrected chi connectivity index (χ4v) is 10.4. The Balaban J connectivity index is 1.16. The van der Waals surface area contributed by atoms with Gasteiger partial charge in [0, 0.05) is 41.2 Å². The second-order valence-corrected chi connectivity index (χ2v) is 21.1. The highest BCUT2D eigenvalue weighted by Gasteiger charge is 2.40. The van der Waals surface area contributed by atoms with E-state index in [1.54, 1.807) is 0 Å². The molecule has 73 heavy (non-hydrogen) atoms. The Bertz CT molecular complexity index is 3770. The number of fused-ring (bicyclic) bond motifs is 4. The number of hydrogen-bond acceptors (Lipinski definition) is 2. The smallest absolute Gasteiger partial charge is 0.457 e. The molecule has 11 rings (SSSR count). The summed E-state index contributed by atoms with van der Waals surface area (Å²) in [7, 11) is 0. The van der Waals surface area contributed by atoms with Gasteiger partial charge < -0.3 is 4.74 Å². The van der Waals surface area contributed by atoms with Crippen molar-refractivity contribution in [2.45, 2.75) is 79.1 Å². The van der Waals surface area contributed by atoms with Gasteiger partial charge in [-0.15, -0.1) is 0 Å². The Labute approximate surface area is 426 Å². The van der Waals surface area contributed by atoms with Crippen molar-refractivity contribution in [1.29, 1.82) is 0 Å². The van der Waals surface area contributed by atoms with Crippen molar-refractivity contribution in [2.24, 2.45) is 0 Å². The van der Waals surface area contributed by atoms with Gasteiger partial charge in [-0.3, -0.25) is 4.57 Å². The summed E-state index contributed by atoms with van der Waals surface area (Å²) in [6.07, 6.45) is 3.62. The predicted octanol–water partition coefficient (Wildman–Crippen LogP) is 17.8. The van der Waals surface area contributed by atoms with Crippen molar-refractivity contribution < 1.29 is 13.5 Å². The van der Waals surface area contributed by atoms with Gasteiger partial charge in [-0.25, -0.2) is 13.8 Å². The van der Waals surface area contributed by atoms with E-state index >= 15 is 0 Å². The van der Waals surface area contributed by atoms with E-state index in [9.17, 15) is 8.78 Å². The van der Waals surface area contributed by atoms with Crippen molar-refractivity contribution in [3.63, 3.8) is 0 Å². The van der Waals surface area contributed by atoms with Crippen LogP contribution in [0.4, 0.5) is 31.5 Å². The lowest BCUT2D eigenvalue weighted by Gasteiger charge is -2.22. The molecule has 0 saturated heterocycles. The summed E-state index contributed by atoms with van der Waals surface area (Å²) in [5.74, 6) is 1.58. The van der Waals surface area contributed by atoms with E-state index in [2.05, 4.69) is 190 Å². The van der Waals surface area contributed by atoms with E-state index in [0.29, 0.717) is 11.5 Å². The number of rotatable bonds is 10. The molecule has 1 aliphatic rings. The van der Waals surface area contributed by atoms with Gasteiger partial charge in [0.25, 0.3) is 11.4 Å². The molecule has 0 bridgehead atoms. The van der Waals surface area contributed by atoms with Crippen molar-refractivity contribution >= 4 is 50.6 Å². The fraction of sp³-hybridized carbons (Fsp3) is 0.182. The van der Waals surface area contributed by atoms with Crippen LogP contribution in [0.3, 0.4) is 0 Å². The quantitative estimate of drug-likeness (QED) is 0.128. The zero-order valence-electron chi connectivity index (χ0n) is 42.7. The lowest BCUT2D eigenvalue weighted by Crippen LogP contribution is -2.13. The van der Waals surface area contributed by atoms with Crippen molar-refractivity contribution in [1.82, 2.24) is 18.7 Å². The highest BCUT2D eigenvalue weighted by molar-refractivity contribution is 6.09. The molecule has 0 aliphatic carbocycles. The summed E-state index contributed by atoms with van der Waals surface area (Å²) < 4.78 is 42.9. The van der Waals surface area contributed by atoms with E-state index in [1.165, 1.54) is 46.5 Å². The first-order chi connectivity index (χ1) is 35.2. The number of halogens is 2. The second-order valence-electron chi connectivity index (χ2n) is 21.1. The third kappa shape index (κ3) is 8.74. The maximum atomic E-state index is 14.7. The minimum Gasteiger partial charge on any atom is -0.457 e. The Morgan fingerprint density at radius 2 is 1.11 bits per heavy atom. The first-order valence-corrected chi connectivity index (χ1v) is 25.3. The molecule has 0 radical (unpaired) electrons. The third-order valence-electron chi connectivity index (χ3n) is 14.2. The molecule has 7 heteroatoms. The van der Waals surface area contributed by atoms with Crippen LogP contribution in [0.15, 0.2) is 182 Å². The van der Waals surface area contributed by atoms with Crippen LogP contribution in [-0.4, -0.2) is 15.6 Å². The third-order valence-corrected chi connectivity index (χ3v) is 14.2. The summed E-state index contributed by atoms with van der Waals surface area (Å²) in [5.41, 5.74) is 15.8. The second kappa shape index (κ2) is 18.4. The van der Waals surface area contributed by atoms with Crippen molar-refractivity contribution in [3.8, 4) is 50.7 Å².